The molecule has 3 rings (SSSR count). The fourth-order valence-corrected chi connectivity index (χ4v) is 4.31. The highest BCUT2D eigenvalue weighted by Gasteiger charge is 2.08. The Morgan fingerprint density at radius 2 is 2.13 bits per heavy atom. The first-order valence-corrected chi connectivity index (χ1v) is 6.90. The Bertz CT molecular complexity index is 475. The average molecular weight is 232 g/mol. The van der Waals surface area contributed by atoms with Crippen LogP contribution in [0.1, 0.15) is 19.3 Å². The molecule has 0 unspecified atom stereocenters. The Balaban J connectivity index is 1.91. The zero-order valence-electron chi connectivity index (χ0n) is 8.40. The summed E-state index contributed by atoms with van der Waals surface area (Å²) in [5.74, 6) is 0. The van der Waals surface area contributed by atoms with E-state index in [4.69, 9.17) is 0 Å². The molecule has 1 heterocycles. The Morgan fingerprint density at radius 3 is 2.93 bits per heavy atom. The first-order chi connectivity index (χ1) is 7.42. The van der Waals surface area contributed by atoms with Gasteiger partial charge in [0.15, 0.2) is 0 Å². The van der Waals surface area contributed by atoms with Gasteiger partial charge in [0.05, 0.1) is 4.21 Å². The Labute approximate surface area is 98.0 Å². The highest BCUT2D eigenvalue weighted by molar-refractivity contribution is 8.04. The van der Waals surface area contributed by atoms with Gasteiger partial charge < -0.3 is 0 Å². The molecule has 1 aromatic carbocycles. The minimum Gasteiger partial charge on any atom is -0.128 e. The topological polar surface area (TPSA) is 0 Å². The van der Waals surface area contributed by atoms with Crippen LogP contribution in [0.2, 0.25) is 0 Å². The number of benzene rings is 1. The maximum absolute atomic E-state index is 2.38. The third-order valence-corrected chi connectivity index (χ3v) is 5.00. The van der Waals surface area contributed by atoms with Crippen molar-refractivity contribution in [3.8, 4) is 0 Å². The van der Waals surface area contributed by atoms with Crippen molar-refractivity contribution in [2.75, 3.05) is 0 Å². The van der Waals surface area contributed by atoms with E-state index in [0.717, 1.165) is 0 Å². The van der Waals surface area contributed by atoms with E-state index in [1.165, 1.54) is 33.6 Å². The molecule has 1 aliphatic carbocycles. The molecule has 0 amide bonds. The molecule has 1 aromatic heterocycles. The number of thiophene rings is 1. The second kappa shape index (κ2) is 4.03. The summed E-state index contributed by atoms with van der Waals surface area (Å²) in [6.07, 6.45) is 6.27. The SMILES string of the molecule is C1=C(Sc2cc3ccccc3s2)CCC1. The summed E-state index contributed by atoms with van der Waals surface area (Å²) < 4.78 is 2.84. The molecular formula is C13H12S2. The summed E-state index contributed by atoms with van der Waals surface area (Å²) in [6.45, 7) is 0. The Kier molecular flexibility index (Phi) is 2.55. The van der Waals surface area contributed by atoms with Crippen LogP contribution in [-0.2, 0) is 0 Å². The molecule has 0 saturated carbocycles. The number of rotatable bonds is 2. The van der Waals surface area contributed by atoms with Crippen LogP contribution in [0, 0.1) is 0 Å². The maximum Gasteiger partial charge on any atom is 0.0655 e. The van der Waals surface area contributed by atoms with Crippen LogP contribution in [0.25, 0.3) is 10.1 Å². The molecule has 0 aliphatic heterocycles. The van der Waals surface area contributed by atoms with Gasteiger partial charge in [-0.1, -0.05) is 36.0 Å². The molecule has 0 bridgehead atoms. The molecule has 0 radical (unpaired) electrons. The molecule has 2 aromatic rings. The zero-order valence-corrected chi connectivity index (χ0v) is 10.0. The lowest BCUT2D eigenvalue weighted by Gasteiger charge is -1.96. The summed E-state index contributed by atoms with van der Waals surface area (Å²) in [5, 5.41) is 1.38. The van der Waals surface area contributed by atoms with Crippen LogP contribution in [-0.4, -0.2) is 0 Å². The fraction of sp³-hybridized carbons (Fsp3) is 0.231. The van der Waals surface area contributed by atoms with Crippen molar-refractivity contribution in [1.29, 1.82) is 0 Å². The summed E-state index contributed by atoms with van der Waals surface area (Å²) in [7, 11) is 0. The van der Waals surface area contributed by atoms with E-state index in [1.807, 2.05) is 23.1 Å². The van der Waals surface area contributed by atoms with Crippen LogP contribution in [0.5, 0.6) is 0 Å². The lowest BCUT2D eigenvalue weighted by atomic mass is 10.3. The van der Waals surface area contributed by atoms with Crippen molar-refractivity contribution < 1.29 is 0 Å². The van der Waals surface area contributed by atoms with Gasteiger partial charge in [0.2, 0.25) is 0 Å². The van der Waals surface area contributed by atoms with Gasteiger partial charge >= 0.3 is 0 Å². The van der Waals surface area contributed by atoms with Crippen molar-refractivity contribution in [1.82, 2.24) is 0 Å². The number of thioether (sulfide) groups is 1. The lowest BCUT2D eigenvalue weighted by Crippen LogP contribution is -1.66. The van der Waals surface area contributed by atoms with Gasteiger partial charge in [-0.15, -0.1) is 11.3 Å². The second-order valence-electron chi connectivity index (χ2n) is 3.77. The molecule has 76 valence electrons. The van der Waals surface area contributed by atoms with E-state index in [9.17, 15) is 0 Å². The minimum absolute atomic E-state index is 1.27. The first-order valence-electron chi connectivity index (χ1n) is 5.27. The predicted molar refractivity (Wildman–Crippen MR) is 69.6 cm³/mol. The summed E-state index contributed by atoms with van der Waals surface area (Å²) in [6, 6.07) is 10.9. The van der Waals surface area contributed by atoms with E-state index in [-0.39, 0.29) is 0 Å². The molecule has 15 heavy (non-hydrogen) atoms. The van der Waals surface area contributed by atoms with Gasteiger partial charge in [0, 0.05) is 4.70 Å². The number of hydrogen-bond donors (Lipinski definition) is 0. The molecule has 0 saturated heterocycles. The van der Waals surface area contributed by atoms with Gasteiger partial charge in [0.25, 0.3) is 0 Å². The van der Waals surface area contributed by atoms with Gasteiger partial charge in [-0.05, 0) is 41.7 Å². The Hall–Kier alpha value is -0.730. The van der Waals surface area contributed by atoms with E-state index in [2.05, 4.69) is 36.4 Å². The quantitative estimate of drug-likeness (QED) is 0.697. The Morgan fingerprint density at radius 1 is 1.20 bits per heavy atom. The van der Waals surface area contributed by atoms with Gasteiger partial charge in [-0.25, -0.2) is 0 Å². The molecule has 0 spiro atoms. The number of allylic oxidation sites excluding steroid dienone is 2. The maximum atomic E-state index is 2.38. The van der Waals surface area contributed by atoms with Crippen LogP contribution in [0.4, 0.5) is 0 Å². The highest BCUT2D eigenvalue weighted by Crippen LogP contribution is 2.40. The van der Waals surface area contributed by atoms with Crippen LogP contribution < -0.4 is 0 Å². The van der Waals surface area contributed by atoms with Gasteiger partial charge in [-0.2, -0.15) is 0 Å². The van der Waals surface area contributed by atoms with Crippen molar-refractivity contribution >= 4 is 33.2 Å². The van der Waals surface area contributed by atoms with Crippen molar-refractivity contribution in [2.24, 2.45) is 0 Å². The predicted octanol–water partition coefficient (Wildman–Crippen LogP) is 5.06. The molecule has 2 heteroatoms. The van der Waals surface area contributed by atoms with Gasteiger partial charge in [-0.3, -0.25) is 0 Å². The first kappa shape index (κ1) is 9.49. The van der Waals surface area contributed by atoms with E-state index in [0.29, 0.717) is 0 Å². The molecule has 0 atom stereocenters. The highest BCUT2D eigenvalue weighted by atomic mass is 32.2. The number of fused-ring (bicyclic) bond motifs is 1. The summed E-state index contributed by atoms with van der Waals surface area (Å²) >= 11 is 3.86. The molecule has 0 fully saturated rings. The fourth-order valence-electron chi connectivity index (χ4n) is 1.87. The van der Waals surface area contributed by atoms with Gasteiger partial charge in [0.1, 0.15) is 0 Å². The van der Waals surface area contributed by atoms with Crippen LogP contribution >= 0.6 is 23.1 Å². The molecule has 0 N–H and O–H groups in total. The van der Waals surface area contributed by atoms with Crippen LogP contribution in [0.15, 0.2) is 45.5 Å². The van der Waals surface area contributed by atoms with Crippen molar-refractivity contribution in [2.45, 2.75) is 23.5 Å². The van der Waals surface area contributed by atoms with Crippen LogP contribution in [0.3, 0.4) is 0 Å². The summed E-state index contributed by atoms with van der Waals surface area (Å²) in [4.78, 5) is 1.56. The standard InChI is InChI=1S/C13H12S2/c1-4-8-12-10(5-1)9-13(15-12)14-11-6-2-3-7-11/h1,4-6,8-9H,2-3,7H2. The zero-order chi connectivity index (χ0) is 10.1. The minimum atomic E-state index is 1.27. The van der Waals surface area contributed by atoms with Crippen molar-refractivity contribution in [3.05, 3.63) is 41.3 Å². The number of hydrogen-bond acceptors (Lipinski definition) is 2. The van der Waals surface area contributed by atoms with Crippen molar-refractivity contribution in [3.63, 3.8) is 0 Å². The van der Waals surface area contributed by atoms with E-state index < -0.39 is 0 Å². The molecule has 1 aliphatic rings. The van der Waals surface area contributed by atoms with E-state index in [1.54, 1.807) is 4.91 Å². The average Bonchev–Trinajstić information content (AvgIpc) is 2.86. The molecule has 0 nitrogen and oxygen atoms in total. The third-order valence-electron chi connectivity index (χ3n) is 2.63. The normalized spacial score (nSPS) is 15.9. The summed E-state index contributed by atoms with van der Waals surface area (Å²) in [5.41, 5.74) is 0. The third kappa shape index (κ3) is 1.97. The smallest absolute Gasteiger partial charge is 0.0655 e. The monoisotopic (exact) mass is 232 g/mol. The lowest BCUT2D eigenvalue weighted by molar-refractivity contribution is 0.925. The van der Waals surface area contributed by atoms with E-state index >= 15 is 0 Å². The largest absolute Gasteiger partial charge is 0.128 e. The molecular weight excluding hydrogens is 220 g/mol. The second-order valence-corrected chi connectivity index (χ2v) is 6.28.